The maximum atomic E-state index is 12.2. The van der Waals surface area contributed by atoms with Crippen LogP contribution in [-0.2, 0) is 14.8 Å². The summed E-state index contributed by atoms with van der Waals surface area (Å²) in [6, 6.07) is 6.10. The van der Waals surface area contributed by atoms with E-state index in [1.807, 2.05) is 13.8 Å². The number of hydrogen-bond donors (Lipinski definition) is 2. The highest BCUT2D eigenvalue weighted by Crippen LogP contribution is 2.12. The fourth-order valence-electron chi connectivity index (χ4n) is 1.93. The van der Waals surface area contributed by atoms with Gasteiger partial charge < -0.3 is 10.1 Å². The molecule has 1 rings (SSSR count). The third-order valence-corrected chi connectivity index (χ3v) is 4.78. The highest BCUT2D eigenvalue weighted by atomic mass is 32.2. The highest BCUT2D eigenvalue weighted by molar-refractivity contribution is 7.89. The topological polar surface area (TPSA) is 84.5 Å². The number of sulfonamides is 1. The van der Waals surface area contributed by atoms with Crippen molar-refractivity contribution in [1.82, 2.24) is 10.0 Å². The van der Waals surface area contributed by atoms with Crippen LogP contribution in [0, 0.1) is 0 Å². The van der Waals surface area contributed by atoms with Gasteiger partial charge in [-0.1, -0.05) is 19.9 Å². The smallest absolute Gasteiger partial charge is 0.251 e. The van der Waals surface area contributed by atoms with Gasteiger partial charge in [-0.15, -0.1) is 0 Å². The number of hydrogen-bond acceptors (Lipinski definition) is 4. The van der Waals surface area contributed by atoms with Crippen LogP contribution in [-0.4, -0.2) is 40.6 Å². The Hall–Kier alpha value is -1.44. The van der Waals surface area contributed by atoms with Gasteiger partial charge in [-0.25, -0.2) is 13.1 Å². The lowest BCUT2D eigenvalue weighted by Crippen LogP contribution is -2.34. The Labute approximate surface area is 132 Å². The van der Waals surface area contributed by atoms with E-state index in [4.69, 9.17) is 4.74 Å². The molecule has 0 unspecified atom stereocenters. The molecule has 124 valence electrons. The highest BCUT2D eigenvalue weighted by Gasteiger charge is 2.16. The van der Waals surface area contributed by atoms with E-state index in [1.165, 1.54) is 19.2 Å². The van der Waals surface area contributed by atoms with Crippen LogP contribution in [0.5, 0.6) is 0 Å². The zero-order valence-corrected chi connectivity index (χ0v) is 14.1. The molecule has 0 bridgehead atoms. The third kappa shape index (κ3) is 5.40. The van der Waals surface area contributed by atoms with E-state index in [2.05, 4.69) is 10.0 Å². The SMILES string of the molecule is CCC(CC)NC(=O)c1cccc(S(=O)(=O)NCCOC)c1. The van der Waals surface area contributed by atoms with Crippen molar-refractivity contribution in [2.45, 2.75) is 37.6 Å². The van der Waals surface area contributed by atoms with Gasteiger partial charge in [0.05, 0.1) is 11.5 Å². The van der Waals surface area contributed by atoms with Crippen molar-refractivity contribution in [2.24, 2.45) is 0 Å². The number of benzene rings is 1. The summed E-state index contributed by atoms with van der Waals surface area (Å²) in [6.07, 6.45) is 1.66. The van der Waals surface area contributed by atoms with E-state index in [-0.39, 0.29) is 30.0 Å². The van der Waals surface area contributed by atoms with E-state index >= 15 is 0 Å². The maximum absolute atomic E-state index is 12.2. The van der Waals surface area contributed by atoms with Crippen molar-refractivity contribution >= 4 is 15.9 Å². The number of carbonyl (C=O) groups excluding carboxylic acids is 1. The van der Waals surface area contributed by atoms with Crippen LogP contribution in [0.25, 0.3) is 0 Å². The van der Waals surface area contributed by atoms with Gasteiger partial charge in [0.2, 0.25) is 10.0 Å². The quantitative estimate of drug-likeness (QED) is 0.673. The van der Waals surface area contributed by atoms with E-state index in [9.17, 15) is 13.2 Å². The fraction of sp³-hybridized carbons (Fsp3) is 0.533. The molecule has 0 fully saturated rings. The van der Waals surface area contributed by atoms with Crippen LogP contribution in [0.1, 0.15) is 37.0 Å². The molecular formula is C15H24N2O4S. The van der Waals surface area contributed by atoms with Gasteiger partial charge in [0.1, 0.15) is 0 Å². The lowest BCUT2D eigenvalue weighted by atomic mass is 10.1. The summed E-state index contributed by atoms with van der Waals surface area (Å²) < 4.78 is 31.5. The second kappa shape index (κ2) is 8.87. The molecule has 0 spiro atoms. The molecule has 0 heterocycles. The molecule has 0 aliphatic rings. The first-order valence-corrected chi connectivity index (χ1v) is 8.82. The molecule has 2 N–H and O–H groups in total. The Morgan fingerprint density at radius 2 is 1.95 bits per heavy atom. The first-order chi connectivity index (χ1) is 10.4. The molecule has 0 radical (unpaired) electrons. The van der Waals surface area contributed by atoms with E-state index < -0.39 is 10.0 Å². The molecule has 0 aliphatic carbocycles. The van der Waals surface area contributed by atoms with Crippen LogP contribution in [0.4, 0.5) is 0 Å². The maximum Gasteiger partial charge on any atom is 0.251 e. The van der Waals surface area contributed by atoms with E-state index in [1.54, 1.807) is 12.1 Å². The van der Waals surface area contributed by atoms with Crippen molar-refractivity contribution in [2.75, 3.05) is 20.3 Å². The number of methoxy groups -OCH3 is 1. The molecule has 0 aliphatic heterocycles. The number of amides is 1. The van der Waals surface area contributed by atoms with Gasteiger partial charge in [-0.3, -0.25) is 4.79 Å². The van der Waals surface area contributed by atoms with E-state index in [0.717, 1.165) is 12.8 Å². The first kappa shape index (κ1) is 18.6. The molecule has 0 saturated heterocycles. The van der Waals surface area contributed by atoms with Crippen molar-refractivity contribution in [3.05, 3.63) is 29.8 Å². The Bertz CT molecular complexity index is 583. The first-order valence-electron chi connectivity index (χ1n) is 7.34. The normalized spacial score (nSPS) is 11.6. The lowest BCUT2D eigenvalue weighted by Gasteiger charge is -2.15. The minimum Gasteiger partial charge on any atom is -0.383 e. The summed E-state index contributed by atoms with van der Waals surface area (Å²) in [5.41, 5.74) is 0.335. The largest absolute Gasteiger partial charge is 0.383 e. The Kier molecular flexibility index (Phi) is 7.50. The molecule has 6 nitrogen and oxygen atoms in total. The van der Waals surface area contributed by atoms with Crippen molar-refractivity contribution < 1.29 is 17.9 Å². The van der Waals surface area contributed by atoms with E-state index in [0.29, 0.717) is 5.56 Å². The molecule has 1 amide bonds. The van der Waals surface area contributed by atoms with Crippen LogP contribution in [0.3, 0.4) is 0 Å². The van der Waals surface area contributed by atoms with Gasteiger partial charge >= 0.3 is 0 Å². The average Bonchev–Trinajstić information content (AvgIpc) is 2.52. The minimum atomic E-state index is -3.64. The van der Waals surface area contributed by atoms with Crippen LogP contribution in [0.15, 0.2) is 29.2 Å². The van der Waals surface area contributed by atoms with Crippen molar-refractivity contribution in [1.29, 1.82) is 0 Å². The average molecular weight is 328 g/mol. The molecular weight excluding hydrogens is 304 g/mol. The summed E-state index contributed by atoms with van der Waals surface area (Å²) >= 11 is 0. The Balaban J connectivity index is 2.87. The zero-order valence-electron chi connectivity index (χ0n) is 13.3. The summed E-state index contributed by atoms with van der Waals surface area (Å²) in [5.74, 6) is -0.261. The number of ether oxygens (including phenoxy) is 1. The second-order valence-electron chi connectivity index (χ2n) is 4.91. The van der Waals surface area contributed by atoms with Crippen LogP contribution < -0.4 is 10.0 Å². The molecule has 7 heteroatoms. The van der Waals surface area contributed by atoms with Crippen molar-refractivity contribution in [3.63, 3.8) is 0 Å². The molecule has 1 aromatic carbocycles. The van der Waals surface area contributed by atoms with Crippen LogP contribution in [0.2, 0.25) is 0 Å². The standard InChI is InChI=1S/C15H24N2O4S/c1-4-13(5-2)17-15(18)12-7-6-8-14(11-12)22(19,20)16-9-10-21-3/h6-8,11,13,16H,4-5,9-10H2,1-3H3,(H,17,18). The Morgan fingerprint density at radius 1 is 1.27 bits per heavy atom. The fourth-order valence-corrected chi connectivity index (χ4v) is 2.99. The monoisotopic (exact) mass is 328 g/mol. The molecule has 22 heavy (non-hydrogen) atoms. The Morgan fingerprint density at radius 3 is 2.55 bits per heavy atom. The molecule has 0 aromatic heterocycles. The van der Waals surface area contributed by atoms with Crippen molar-refractivity contribution in [3.8, 4) is 0 Å². The number of rotatable bonds is 9. The molecule has 1 aromatic rings. The molecule has 0 saturated carbocycles. The lowest BCUT2D eigenvalue weighted by molar-refractivity contribution is 0.0934. The van der Waals surface area contributed by atoms with Gasteiger partial charge in [0, 0.05) is 25.3 Å². The van der Waals surface area contributed by atoms with Gasteiger partial charge in [0.25, 0.3) is 5.91 Å². The predicted octanol–water partition coefficient (Wildman–Crippen LogP) is 1.53. The summed E-state index contributed by atoms with van der Waals surface area (Å²) in [4.78, 5) is 12.2. The van der Waals surface area contributed by atoms with Gasteiger partial charge in [0.15, 0.2) is 0 Å². The minimum absolute atomic E-state index is 0.0702. The van der Waals surface area contributed by atoms with Gasteiger partial charge in [-0.05, 0) is 31.0 Å². The predicted molar refractivity (Wildman–Crippen MR) is 85.3 cm³/mol. The number of nitrogens with one attached hydrogen (secondary N) is 2. The number of carbonyl (C=O) groups is 1. The summed E-state index contributed by atoms with van der Waals surface area (Å²) in [6.45, 7) is 4.46. The summed E-state index contributed by atoms with van der Waals surface area (Å²) in [7, 11) is -2.14. The van der Waals surface area contributed by atoms with Gasteiger partial charge in [-0.2, -0.15) is 0 Å². The van der Waals surface area contributed by atoms with Crippen LogP contribution >= 0.6 is 0 Å². The zero-order chi connectivity index (χ0) is 16.6. The summed E-state index contributed by atoms with van der Waals surface area (Å²) in [5, 5.41) is 2.89. The second-order valence-corrected chi connectivity index (χ2v) is 6.67. The third-order valence-electron chi connectivity index (χ3n) is 3.33. The molecule has 0 atom stereocenters.